The Balaban J connectivity index is 2.51. The zero-order chi connectivity index (χ0) is 25.8. The van der Waals surface area contributed by atoms with Gasteiger partial charge in [0.25, 0.3) is 5.69 Å². The Kier molecular flexibility index (Phi) is 11.2. The maximum Gasteiger partial charge on any atom is 0.340 e. The van der Waals surface area contributed by atoms with Crippen molar-refractivity contribution in [2.45, 2.75) is 40.5 Å². The van der Waals surface area contributed by atoms with Gasteiger partial charge in [-0.3, -0.25) is 15.1 Å². The number of aromatic nitrogens is 1. The Hall–Kier alpha value is -3.37. The van der Waals surface area contributed by atoms with E-state index >= 15 is 0 Å². The van der Waals surface area contributed by atoms with Gasteiger partial charge in [0.2, 0.25) is 0 Å². The van der Waals surface area contributed by atoms with E-state index in [1.54, 1.807) is 19.9 Å². The number of esters is 2. The maximum absolute atomic E-state index is 13.1. The van der Waals surface area contributed by atoms with Crippen LogP contribution in [0.3, 0.4) is 0 Å². The molecule has 0 radical (unpaired) electrons. The van der Waals surface area contributed by atoms with Crippen molar-refractivity contribution in [3.05, 3.63) is 56.9 Å². The molecule has 0 fully saturated rings. The molecule has 0 aliphatic heterocycles. The highest BCUT2D eigenvalue weighted by atomic mass is 16.6. The monoisotopic (exact) mass is 488 g/mol. The summed E-state index contributed by atoms with van der Waals surface area (Å²) in [6.07, 6.45) is 1.67. The average molecular weight is 489 g/mol. The van der Waals surface area contributed by atoms with Crippen molar-refractivity contribution in [3.63, 3.8) is 0 Å². The van der Waals surface area contributed by atoms with E-state index in [9.17, 15) is 19.7 Å². The lowest BCUT2D eigenvalue weighted by Gasteiger charge is -2.18. The van der Waals surface area contributed by atoms with Gasteiger partial charge in [-0.15, -0.1) is 0 Å². The van der Waals surface area contributed by atoms with Gasteiger partial charge in [-0.2, -0.15) is 0 Å². The van der Waals surface area contributed by atoms with E-state index in [0.29, 0.717) is 30.2 Å². The minimum Gasteiger partial charge on any atom is -0.460 e. The molecule has 190 valence electrons. The minimum atomic E-state index is -0.711. The summed E-state index contributed by atoms with van der Waals surface area (Å²) in [6, 6.07) is 5.70. The van der Waals surface area contributed by atoms with E-state index in [0.717, 1.165) is 12.8 Å². The van der Waals surface area contributed by atoms with Crippen LogP contribution in [-0.4, -0.2) is 61.5 Å². The molecule has 0 unspecified atom stereocenters. The van der Waals surface area contributed by atoms with Gasteiger partial charge in [0.1, 0.15) is 13.2 Å². The highest BCUT2D eigenvalue weighted by Crippen LogP contribution is 2.34. The van der Waals surface area contributed by atoms with Crippen LogP contribution >= 0.6 is 0 Å². The molecule has 1 aromatic heterocycles. The molecule has 2 rings (SSSR count). The van der Waals surface area contributed by atoms with E-state index in [4.69, 9.17) is 18.9 Å². The smallest absolute Gasteiger partial charge is 0.340 e. The predicted molar refractivity (Wildman–Crippen MR) is 129 cm³/mol. The molecule has 0 atom stereocenters. The van der Waals surface area contributed by atoms with E-state index in [1.165, 1.54) is 18.2 Å². The number of ether oxygens (including phenoxy) is 4. The third kappa shape index (κ3) is 7.83. The molecule has 1 aromatic carbocycles. The van der Waals surface area contributed by atoms with Crippen molar-refractivity contribution >= 4 is 17.6 Å². The Morgan fingerprint density at radius 3 is 1.83 bits per heavy atom. The summed E-state index contributed by atoms with van der Waals surface area (Å²) in [7, 11) is 0. The van der Waals surface area contributed by atoms with Gasteiger partial charge in [-0.25, -0.2) is 9.59 Å². The SMILES string of the molecule is CCCOCCOC(=O)c1c(C)nc(C)c(C(=O)OCCOCCC)c1-c1cccc([N+](=O)[O-])c1. The molecule has 10 heteroatoms. The number of carbonyl (C=O) groups is 2. The number of nitro benzene ring substituents is 1. The third-order valence-electron chi connectivity index (χ3n) is 4.93. The molecule has 0 amide bonds. The lowest BCUT2D eigenvalue weighted by Crippen LogP contribution is -2.19. The molecule has 35 heavy (non-hydrogen) atoms. The van der Waals surface area contributed by atoms with Gasteiger partial charge < -0.3 is 18.9 Å². The first-order chi connectivity index (χ1) is 16.8. The maximum atomic E-state index is 13.1. The molecule has 0 aliphatic carbocycles. The van der Waals surface area contributed by atoms with Crippen molar-refractivity contribution in [2.24, 2.45) is 0 Å². The number of rotatable bonds is 14. The summed E-state index contributed by atoms with van der Waals surface area (Å²) >= 11 is 0. The fourth-order valence-corrected chi connectivity index (χ4v) is 3.44. The topological polar surface area (TPSA) is 127 Å². The Morgan fingerprint density at radius 2 is 1.37 bits per heavy atom. The first-order valence-corrected chi connectivity index (χ1v) is 11.6. The van der Waals surface area contributed by atoms with Gasteiger partial charge in [0.05, 0.1) is 40.7 Å². The fourth-order valence-electron chi connectivity index (χ4n) is 3.44. The van der Waals surface area contributed by atoms with Crippen LogP contribution in [0.4, 0.5) is 5.69 Å². The fraction of sp³-hybridized carbons (Fsp3) is 0.480. The highest BCUT2D eigenvalue weighted by molar-refractivity contribution is 6.07. The zero-order valence-corrected chi connectivity index (χ0v) is 20.6. The molecule has 0 bridgehead atoms. The average Bonchev–Trinajstić information content (AvgIpc) is 2.83. The van der Waals surface area contributed by atoms with Crippen LogP contribution in [0, 0.1) is 24.0 Å². The summed E-state index contributed by atoms with van der Waals surface area (Å²) in [5.41, 5.74) is 1.03. The predicted octanol–water partition coefficient (Wildman–Crippen LogP) is 4.44. The molecule has 0 saturated carbocycles. The van der Waals surface area contributed by atoms with Gasteiger partial charge in [-0.1, -0.05) is 26.0 Å². The number of hydrogen-bond donors (Lipinski definition) is 0. The van der Waals surface area contributed by atoms with E-state index < -0.39 is 16.9 Å². The first-order valence-electron chi connectivity index (χ1n) is 11.6. The Bertz CT molecular complexity index is 988. The zero-order valence-electron chi connectivity index (χ0n) is 20.6. The largest absolute Gasteiger partial charge is 0.460 e. The number of benzene rings is 1. The van der Waals surface area contributed by atoms with Crippen molar-refractivity contribution in [2.75, 3.05) is 39.6 Å². The molecule has 1 heterocycles. The lowest BCUT2D eigenvalue weighted by atomic mass is 9.92. The van der Waals surface area contributed by atoms with Crippen LogP contribution in [0.5, 0.6) is 0 Å². The summed E-state index contributed by atoms with van der Waals surface area (Å²) in [6.45, 7) is 8.71. The summed E-state index contributed by atoms with van der Waals surface area (Å²) in [5.74, 6) is -1.42. The van der Waals surface area contributed by atoms with Gasteiger partial charge in [-0.05, 0) is 32.3 Å². The van der Waals surface area contributed by atoms with Crippen molar-refractivity contribution in [3.8, 4) is 11.1 Å². The number of nitrogens with zero attached hydrogens (tertiary/aromatic N) is 2. The summed E-state index contributed by atoms with van der Waals surface area (Å²) < 4.78 is 21.5. The van der Waals surface area contributed by atoms with Crippen molar-refractivity contribution in [1.29, 1.82) is 0 Å². The van der Waals surface area contributed by atoms with Crippen LogP contribution in [0.25, 0.3) is 11.1 Å². The minimum absolute atomic E-state index is 0.00900. The summed E-state index contributed by atoms with van der Waals surface area (Å²) in [5, 5.41) is 11.4. The molecule has 0 N–H and O–H groups in total. The molecular formula is C25H32N2O8. The lowest BCUT2D eigenvalue weighted by molar-refractivity contribution is -0.384. The number of aryl methyl sites for hydroxylation is 2. The second-order valence-electron chi connectivity index (χ2n) is 7.71. The normalized spacial score (nSPS) is 10.7. The number of non-ortho nitro benzene ring substituents is 1. The second kappa shape index (κ2) is 14.1. The van der Waals surface area contributed by atoms with Gasteiger partial charge >= 0.3 is 11.9 Å². The molecule has 0 saturated heterocycles. The van der Waals surface area contributed by atoms with Crippen molar-refractivity contribution in [1.82, 2.24) is 4.98 Å². The van der Waals surface area contributed by atoms with Crippen LogP contribution in [0.2, 0.25) is 0 Å². The van der Waals surface area contributed by atoms with Crippen LogP contribution in [0.1, 0.15) is 58.8 Å². The van der Waals surface area contributed by atoms with Crippen LogP contribution < -0.4 is 0 Å². The molecule has 2 aromatic rings. The van der Waals surface area contributed by atoms with Crippen LogP contribution in [-0.2, 0) is 18.9 Å². The number of carbonyl (C=O) groups excluding carboxylic acids is 2. The Morgan fingerprint density at radius 1 is 0.857 bits per heavy atom. The first kappa shape index (κ1) is 27.9. The Labute approximate surface area is 204 Å². The number of nitro groups is 1. The number of pyridine rings is 1. The molecule has 0 spiro atoms. The second-order valence-corrected chi connectivity index (χ2v) is 7.71. The summed E-state index contributed by atoms with van der Waals surface area (Å²) in [4.78, 5) is 41.4. The standard InChI is InChI=1S/C25H32N2O8/c1-5-10-32-12-14-34-24(28)21-17(3)26-18(4)22(25(29)35-15-13-33-11-6-2)23(21)19-8-7-9-20(16-19)27(30)31/h7-9,16H,5-6,10-15H2,1-4H3. The highest BCUT2D eigenvalue weighted by Gasteiger charge is 2.28. The number of hydrogen-bond acceptors (Lipinski definition) is 9. The van der Waals surface area contributed by atoms with E-state index in [-0.39, 0.29) is 48.8 Å². The van der Waals surface area contributed by atoms with Gasteiger partial charge in [0.15, 0.2) is 0 Å². The van der Waals surface area contributed by atoms with Gasteiger partial charge in [0, 0.05) is 30.9 Å². The van der Waals surface area contributed by atoms with E-state index in [2.05, 4.69) is 4.98 Å². The van der Waals surface area contributed by atoms with Crippen molar-refractivity contribution < 1.29 is 33.5 Å². The molecular weight excluding hydrogens is 456 g/mol. The molecule has 10 nitrogen and oxygen atoms in total. The third-order valence-corrected chi connectivity index (χ3v) is 4.93. The quantitative estimate of drug-likeness (QED) is 0.164. The van der Waals surface area contributed by atoms with E-state index in [1.807, 2.05) is 13.8 Å². The van der Waals surface area contributed by atoms with Crippen LogP contribution in [0.15, 0.2) is 24.3 Å². The molecule has 0 aliphatic rings.